The van der Waals surface area contributed by atoms with Crippen LogP contribution in [0.2, 0.25) is 0 Å². The van der Waals surface area contributed by atoms with Gasteiger partial charge in [-0.3, -0.25) is 4.79 Å². The first-order valence-electron chi connectivity index (χ1n) is 8.25. The summed E-state index contributed by atoms with van der Waals surface area (Å²) >= 11 is 6.80. The highest BCUT2D eigenvalue weighted by Gasteiger charge is 2.14. The van der Waals surface area contributed by atoms with Crippen molar-refractivity contribution in [2.24, 2.45) is 0 Å². The van der Waals surface area contributed by atoms with Gasteiger partial charge >= 0.3 is 0 Å². The monoisotopic (exact) mass is 360 g/mol. The van der Waals surface area contributed by atoms with Gasteiger partial charge < -0.3 is 10.2 Å². The van der Waals surface area contributed by atoms with E-state index in [1.807, 2.05) is 25.1 Å². The van der Waals surface area contributed by atoms with Crippen LogP contribution in [0.5, 0.6) is 0 Å². The number of hydrogen-bond acceptors (Lipinski definition) is 3. The van der Waals surface area contributed by atoms with E-state index in [-0.39, 0.29) is 11.9 Å². The molecule has 0 aromatic heterocycles. The molecule has 2 aromatic carbocycles. The van der Waals surface area contributed by atoms with Crippen LogP contribution in [0.3, 0.4) is 0 Å². The third kappa shape index (κ3) is 4.71. The standard InChI is InChI=1S/C19H24N2OS2/c1-4-21(5-2)19(23)24-13-18(22)20-14(3)16-12-8-10-15-9-6-7-11-17(15)16/h6-12,14H,4-5,13H2,1-3H3,(H,20,22)/t14-/m0/s1. The van der Waals surface area contributed by atoms with Gasteiger partial charge in [-0.1, -0.05) is 66.4 Å². The third-order valence-corrected chi connectivity index (χ3v) is 5.54. The molecule has 128 valence electrons. The fourth-order valence-electron chi connectivity index (χ4n) is 2.69. The summed E-state index contributed by atoms with van der Waals surface area (Å²) in [5.41, 5.74) is 1.14. The second kappa shape index (κ2) is 9.04. The quantitative estimate of drug-likeness (QED) is 0.775. The van der Waals surface area contributed by atoms with Gasteiger partial charge in [0.05, 0.1) is 11.8 Å². The predicted molar refractivity (Wildman–Crippen MR) is 108 cm³/mol. The Balaban J connectivity index is 1.97. The van der Waals surface area contributed by atoms with Crippen LogP contribution in [0.1, 0.15) is 32.4 Å². The third-order valence-electron chi connectivity index (χ3n) is 4.02. The zero-order chi connectivity index (χ0) is 17.5. The summed E-state index contributed by atoms with van der Waals surface area (Å²) in [6, 6.07) is 14.4. The highest BCUT2D eigenvalue weighted by Crippen LogP contribution is 2.24. The SMILES string of the molecule is CCN(CC)C(=S)SCC(=O)N[C@@H](C)c1cccc2ccccc12. The van der Waals surface area contributed by atoms with Crippen molar-refractivity contribution in [1.82, 2.24) is 10.2 Å². The summed E-state index contributed by atoms with van der Waals surface area (Å²) in [5, 5.41) is 5.45. The maximum Gasteiger partial charge on any atom is 0.230 e. The number of nitrogens with zero attached hydrogens (tertiary/aromatic N) is 1. The van der Waals surface area contributed by atoms with Gasteiger partial charge in [0, 0.05) is 13.1 Å². The van der Waals surface area contributed by atoms with Crippen LogP contribution in [0.25, 0.3) is 10.8 Å². The Labute approximate surface area is 153 Å². The summed E-state index contributed by atoms with van der Waals surface area (Å²) < 4.78 is 0.785. The number of thiocarbonyl (C=S) groups is 1. The lowest BCUT2D eigenvalue weighted by Crippen LogP contribution is -2.31. The molecule has 1 N–H and O–H groups in total. The number of thioether (sulfide) groups is 1. The molecule has 1 atom stereocenters. The van der Waals surface area contributed by atoms with E-state index in [4.69, 9.17) is 12.2 Å². The summed E-state index contributed by atoms with van der Waals surface area (Å²) in [5.74, 6) is 0.361. The largest absolute Gasteiger partial charge is 0.358 e. The van der Waals surface area contributed by atoms with E-state index in [1.54, 1.807) is 0 Å². The number of hydrogen-bond donors (Lipinski definition) is 1. The molecule has 1 amide bonds. The van der Waals surface area contributed by atoms with Gasteiger partial charge in [0.25, 0.3) is 0 Å². The Bertz CT molecular complexity index is 708. The second-order valence-corrected chi connectivity index (χ2v) is 7.19. The van der Waals surface area contributed by atoms with Crippen LogP contribution in [0.15, 0.2) is 42.5 Å². The van der Waals surface area contributed by atoms with Crippen LogP contribution < -0.4 is 5.32 Å². The van der Waals surface area contributed by atoms with Crippen molar-refractivity contribution in [2.75, 3.05) is 18.8 Å². The lowest BCUT2D eigenvalue weighted by molar-refractivity contribution is -0.119. The normalized spacial score (nSPS) is 12.0. The van der Waals surface area contributed by atoms with E-state index in [1.165, 1.54) is 22.5 Å². The van der Waals surface area contributed by atoms with Crippen molar-refractivity contribution < 1.29 is 4.79 Å². The van der Waals surface area contributed by atoms with Crippen molar-refractivity contribution in [2.45, 2.75) is 26.8 Å². The molecule has 5 heteroatoms. The Kier molecular flexibility index (Phi) is 7.06. The van der Waals surface area contributed by atoms with Crippen molar-refractivity contribution in [3.63, 3.8) is 0 Å². The first kappa shape index (κ1) is 18.7. The number of amides is 1. The Morgan fingerprint density at radius 3 is 2.54 bits per heavy atom. The molecule has 0 bridgehead atoms. The Hall–Kier alpha value is -1.59. The van der Waals surface area contributed by atoms with Gasteiger partial charge in [0.1, 0.15) is 4.32 Å². The number of fused-ring (bicyclic) bond motifs is 1. The molecule has 0 aliphatic heterocycles. The van der Waals surface area contributed by atoms with Crippen LogP contribution >= 0.6 is 24.0 Å². The molecular weight excluding hydrogens is 336 g/mol. The van der Waals surface area contributed by atoms with Gasteiger partial charge in [0.2, 0.25) is 5.91 Å². The first-order valence-corrected chi connectivity index (χ1v) is 9.64. The number of carbonyl (C=O) groups is 1. The van der Waals surface area contributed by atoms with Crippen LogP contribution in [0.4, 0.5) is 0 Å². The van der Waals surface area contributed by atoms with E-state index in [0.717, 1.165) is 23.0 Å². The number of benzene rings is 2. The van der Waals surface area contributed by atoms with Crippen molar-refractivity contribution in [3.8, 4) is 0 Å². The lowest BCUT2D eigenvalue weighted by Gasteiger charge is -2.21. The molecule has 0 spiro atoms. The van der Waals surface area contributed by atoms with Crippen molar-refractivity contribution in [1.29, 1.82) is 0 Å². The van der Waals surface area contributed by atoms with Crippen LogP contribution in [0, 0.1) is 0 Å². The fraction of sp³-hybridized carbons (Fsp3) is 0.368. The zero-order valence-corrected chi connectivity index (χ0v) is 16.0. The number of nitrogens with one attached hydrogen (secondary N) is 1. The Morgan fingerprint density at radius 1 is 1.17 bits per heavy atom. The molecule has 24 heavy (non-hydrogen) atoms. The molecule has 0 saturated carbocycles. The van der Waals surface area contributed by atoms with Gasteiger partial charge in [-0.2, -0.15) is 0 Å². The summed E-state index contributed by atoms with van der Waals surface area (Å²) in [7, 11) is 0. The fourth-order valence-corrected chi connectivity index (χ4v) is 3.90. The minimum atomic E-state index is -0.0359. The van der Waals surface area contributed by atoms with E-state index >= 15 is 0 Å². The molecule has 0 aliphatic rings. The van der Waals surface area contributed by atoms with Gasteiger partial charge in [-0.15, -0.1) is 0 Å². The van der Waals surface area contributed by atoms with E-state index < -0.39 is 0 Å². The molecule has 0 aliphatic carbocycles. The molecule has 2 aromatic rings. The van der Waals surface area contributed by atoms with Crippen molar-refractivity contribution in [3.05, 3.63) is 48.0 Å². The minimum Gasteiger partial charge on any atom is -0.358 e. The average molecular weight is 361 g/mol. The smallest absolute Gasteiger partial charge is 0.230 e. The minimum absolute atomic E-state index is 0.00920. The van der Waals surface area contributed by atoms with Gasteiger partial charge in [0.15, 0.2) is 0 Å². The predicted octanol–water partition coefficient (Wildman–Crippen LogP) is 4.38. The molecule has 0 unspecified atom stereocenters. The molecule has 0 fully saturated rings. The highest BCUT2D eigenvalue weighted by molar-refractivity contribution is 8.23. The molecule has 3 nitrogen and oxygen atoms in total. The summed E-state index contributed by atoms with van der Waals surface area (Å²) in [4.78, 5) is 14.3. The lowest BCUT2D eigenvalue weighted by atomic mass is 10.00. The maximum atomic E-state index is 12.3. The van der Waals surface area contributed by atoms with E-state index in [9.17, 15) is 4.79 Å². The number of carbonyl (C=O) groups excluding carboxylic acids is 1. The van der Waals surface area contributed by atoms with E-state index in [0.29, 0.717) is 5.75 Å². The topological polar surface area (TPSA) is 32.3 Å². The van der Waals surface area contributed by atoms with Crippen LogP contribution in [-0.4, -0.2) is 34.0 Å². The zero-order valence-electron chi connectivity index (χ0n) is 14.4. The molecule has 0 saturated heterocycles. The van der Waals surface area contributed by atoms with Crippen molar-refractivity contribution >= 4 is 45.0 Å². The molecule has 0 heterocycles. The number of rotatable bonds is 6. The molecular formula is C19H24N2OS2. The summed E-state index contributed by atoms with van der Waals surface area (Å²) in [6.07, 6.45) is 0. The van der Waals surface area contributed by atoms with Crippen LogP contribution in [-0.2, 0) is 4.79 Å². The molecule has 2 rings (SSSR count). The van der Waals surface area contributed by atoms with Gasteiger partial charge in [-0.05, 0) is 37.1 Å². The highest BCUT2D eigenvalue weighted by atomic mass is 32.2. The summed E-state index contributed by atoms with van der Waals surface area (Å²) in [6.45, 7) is 7.90. The second-order valence-electron chi connectivity index (χ2n) is 5.58. The van der Waals surface area contributed by atoms with Gasteiger partial charge in [-0.25, -0.2) is 0 Å². The Morgan fingerprint density at radius 2 is 1.83 bits per heavy atom. The van der Waals surface area contributed by atoms with E-state index in [2.05, 4.69) is 48.3 Å². The average Bonchev–Trinajstić information content (AvgIpc) is 2.60. The molecule has 0 radical (unpaired) electrons. The first-order chi connectivity index (χ1) is 11.6. The maximum absolute atomic E-state index is 12.3.